The molecule has 0 saturated carbocycles. The summed E-state index contributed by atoms with van der Waals surface area (Å²) in [5.41, 5.74) is 0. The highest BCUT2D eigenvalue weighted by atomic mass is 35.7. The summed E-state index contributed by atoms with van der Waals surface area (Å²) in [4.78, 5) is -4.35. The predicted octanol–water partition coefficient (Wildman–Crippen LogP) is 7.20. The third-order valence-electron chi connectivity index (χ3n) is 4.27. The molecule has 3 rings (SSSR count). The van der Waals surface area contributed by atoms with Crippen molar-refractivity contribution in [1.29, 1.82) is 0 Å². The van der Waals surface area contributed by atoms with Gasteiger partial charge in [-0.15, -0.1) is 0 Å². The molecule has 0 aliphatic rings. The van der Waals surface area contributed by atoms with E-state index in [2.05, 4.69) is 0 Å². The molecule has 0 fully saturated rings. The van der Waals surface area contributed by atoms with Crippen LogP contribution in [0.1, 0.15) is 0 Å². The summed E-state index contributed by atoms with van der Waals surface area (Å²) >= 11 is 36.0. The van der Waals surface area contributed by atoms with Crippen LogP contribution in [0, 0.1) is 0 Å². The fourth-order valence-corrected chi connectivity index (χ4v) is 10.7. The molecule has 0 bridgehead atoms. The Morgan fingerprint density at radius 1 is 0.500 bits per heavy atom. The van der Waals surface area contributed by atoms with Crippen molar-refractivity contribution in [1.82, 2.24) is 0 Å². The largest absolute Gasteiger partial charge is 0.264 e. The van der Waals surface area contributed by atoms with Gasteiger partial charge < -0.3 is 0 Å². The molecule has 0 aromatic heterocycles. The van der Waals surface area contributed by atoms with Crippen LogP contribution in [0.3, 0.4) is 0 Å². The van der Waals surface area contributed by atoms with Gasteiger partial charge in [0.1, 0.15) is 9.79 Å². The molecule has 0 saturated heterocycles. The second-order valence-corrected chi connectivity index (χ2v) is 15.1. The normalized spacial score (nSPS) is 12.7. The van der Waals surface area contributed by atoms with Crippen molar-refractivity contribution in [3.05, 3.63) is 72.6 Å². The zero-order chi connectivity index (χ0) is 25.8. The maximum Gasteiger partial charge on any atom is 0.264 e. The molecule has 0 radical (unpaired) electrons. The van der Waals surface area contributed by atoms with Gasteiger partial charge >= 0.3 is 0 Å². The van der Waals surface area contributed by atoms with Gasteiger partial charge in [-0.3, -0.25) is 0 Å². The first kappa shape index (κ1) is 28.1. The molecular formula is C18H7Cl7O6S3. The van der Waals surface area contributed by atoms with Crippen molar-refractivity contribution in [3.63, 3.8) is 0 Å². The van der Waals surface area contributed by atoms with Gasteiger partial charge in [-0.25, -0.2) is 25.3 Å². The van der Waals surface area contributed by atoms with Crippen LogP contribution in [-0.4, -0.2) is 25.3 Å². The monoisotopic (exact) mass is 660 g/mol. The molecule has 3 aromatic rings. The summed E-state index contributed by atoms with van der Waals surface area (Å²) in [6.07, 6.45) is 0. The minimum atomic E-state index is -4.92. The van der Waals surface area contributed by atoms with Crippen molar-refractivity contribution in [2.75, 3.05) is 0 Å². The zero-order valence-corrected chi connectivity index (χ0v) is 23.6. The average molecular weight is 664 g/mol. The Balaban J connectivity index is 2.56. The van der Waals surface area contributed by atoms with Crippen molar-refractivity contribution >= 4 is 109 Å². The van der Waals surface area contributed by atoms with Crippen molar-refractivity contribution in [3.8, 4) is 0 Å². The quantitative estimate of drug-likeness (QED) is 0.268. The van der Waals surface area contributed by atoms with E-state index in [-0.39, 0.29) is 15.1 Å². The van der Waals surface area contributed by atoms with Gasteiger partial charge in [0.15, 0.2) is 0 Å². The molecule has 0 aliphatic heterocycles. The molecule has 0 unspecified atom stereocenters. The van der Waals surface area contributed by atoms with Crippen LogP contribution in [0.25, 0.3) is 0 Å². The number of rotatable bonds is 5. The third-order valence-corrected chi connectivity index (χ3v) is 11.8. The van der Waals surface area contributed by atoms with E-state index in [4.69, 9.17) is 80.3 Å². The van der Waals surface area contributed by atoms with Crippen molar-refractivity contribution < 1.29 is 25.3 Å². The van der Waals surface area contributed by atoms with Gasteiger partial charge in [-0.05, 0) is 42.5 Å². The highest BCUT2D eigenvalue weighted by Crippen LogP contribution is 2.45. The molecule has 34 heavy (non-hydrogen) atoms. The van der Waals surface area contributed by atoms with Crippen LogP contribution in [-0.2, 0) is 28.7 Å². The molecule has 182 valence electrons. The fourth-order valence-electron chi connectivity index (χ4n) is 2.84. The summed E-state index contributed by atoms with van der Waals surface area (Å²) < 4.78 is 78.5. The Morgan fingerprint density at radius 2 is 1.06 bits per heavy atom. The SMILES string of the molecule is O=S(=O)(Cl)c1c(Cl)cc(S(=O)(=O)c2cc(Cl)ccc2Cl)c(S(=O)(=O)c2ccc(Cl)cc2Cl)c1Cl. The van der Waals surface area contributed by atoms with E-state index in [0.29, 0.717) is 6.07 Å². The first-order valence-corrected chi connectivity index (χ1v) is 15.9. The average Bonchev–Trinajstić information content (AvgIpc) is 2.67. The Labute approximate surface area is 229 Å². The van der Waals surface area contributed by atoms with Crippen LogP contribution < -0.4 is 0 Å². The molecule has 0 amide bonds. The zero-order valence-electron chi connectivity index (χ0n) is 15.9. The highest BCUT2D eigenvalue weighted by Gasteiger charge is 2.38. The van der Waals surface area contributed by atoms with Gasteiger partial charge in [-0.1, -0.05) is 69.6 Å². The van der Waals surface area contributed by atoms with E-state index in [1.165, 1.54) is 18.2 Å². The van der Waals surface area contributed by atoms with E-state index < -0.39 is 68.3 Å². The number of sulfone groups is 2. The van der Waals surface area contributed by atoms with E-state index in [1.807, 2.05) is 0 Å². The summed E-state index contributed by atoms with van der Waals surface area (Å²) in [6.45, 7) is 0. The molecular weight excluding hydrogens is 657 g/mol. The topological polar surface area (TPSA) is 102 Å². The molecule has 3 aromatic carbocycles. The van der Waals surface area contributed by atoms with Gasteiger partial charge in [-0.2, -0.15) is 0 Å². The Kier molecular flexibility index (Phi) is 8.09. The summed E-state index contributed by atoms with van der Waals surface area (Å²) in [6, 6.07) is 7.28. The lowest BCUT2D eigenvalue weighted by molar-refractivity contribution is 0.581. The van der Waals surface area contributed by atoms with E-state index in [9.17, 15) is 25.3 Å². The van der Waals surface area contributed by atoms with Crippen LogP contribution in [0.4, 0.5) is 0 Å². The number of hydrogen-bond acceptors (Lipinski definition) is 6. The van der Waals surface area contributed by atoms with Crippen molar-refractivity contribution in [2.24, 2.45) is 0 Å². The van der Waals surface area contributed by atoms with Crippen LogP contribution in [0.5, 0.6) is 0 Å². The first-order chi connectivity index (χ1) is 15.5. The smallest absolute Gasteiger partial charge is 0.218 e. The summed E-state index contributed by atoms with van der Waals surface area (Å²) in [7, 11) is -9.08. The molecule has 0 spiro atoms. The Morgan fingerprint density at radius 3 is 1.62 bits per heavy atom. The lowest BCUT2D eigenvalue weighted by Gasteiger charge is -2.17. The molecule has 0 heterocycles. The molecule has 16 heteroatoms. The Hall–Kier alpha value is -0.460. The highest BCUT2D eigenvalue weighted by molar-refractivity contribution is 8.14. The number of benzene rings is 3. The van der Waals surface area contributed by atoms with Gasteiger partial charge in [0.25, 0.3) is 9.05 Å². The van der Waals surface area contributed by atoms with Gasteiger partial charge in [0.05, 0.1) is 34.8 Å². The summed E-state index contributed by atoms with van der Waals surface area (Å²) in [5, 5.41) is -2.47. The van der Waals surface area contributed by atoms with Gasteiger partial charge in [0.2, 0.25) is 19.7 Å². The lowest BCUT2D eigenvalue weighted by atomic mass is 10.3. The lowest BCUT2D eigenvalue weighted by Crippen LogP contribution is -2.14. The number of halogens is 7. The predicted molar refractivity (Wildman–Crippen MR) is 133 cm³/mol. The molecule has 0 N–H and O–H groups in total. The maximum absolute atomic E-state index is 13.6. The summed E-state index contributed by atoms with van der Waals surface area (Å²) in [5.74, 6) is 0. The molecule has 6 nitrogen and oxygen atoms in total. The maximum atomic E-state index is 13.6. The van der Waals surface area contributed by atoms with E-state index in [1.54, 1.807) is 0 Å². The van der Waals surface area contributed by atoms with Crippen LogP contribution in [0.15, 0.2) is 66.9 Å². The molecule has 0 atom stereocenters. The minimum Gasteiger partial charge on any atom is -0.218 e. The second kappa shape index (κ2) is 9.78. The standard InChI is InChI=1S/C18H7Cl7O6S3/c19-8-2-4-13(11(22)5-8)33(28,29)18-15(7-12(23)17(16(18)24)34(25,30)31)32(26,27)14-6-9(20)1-3-10(14)21/h1-7H. The first-order valence-electron chi connectivity index (χ1n) is 8.36. The number of hydrogen-bond donors (Lipinski definition) is 0. The van der Waals surface area contributed by atoms with E-state index >= 15 is 0 Å². The third kappa shape index (κ3) is 5.16. The van der Waals surface area contributed by atoms with Crippen LogP contribution in [0.2, 0.25) is 30.1 Å². The fraction of sp³-hybridized carbons (Fsp3) is 0. The van der Waals surface area contributed by atoms with Gasteiger partial charge in [0, 0.05) is 20.7 Å². The van der Waals surface area contributed by atoms with Crippen molar-refractivity contribution in [2.45, 2.75) is 24.5 Å². The second-order valence-electron chi connectivity index (χ2n) is 6.42. The van der Waals surface area contributed by atoms with Crippen LogP contribution >= 0.6 is 80.3 Å². The Bertz CT molecular complexity index is 1670. The van der Waals surface area contributed by atoms with E-state index in [0.717, 1.165) is 18.2 Å². The molecule has 0 aliphatic carbocycles. The minimum absolute atomic E-state index is 0.0368.